The third kappa shape index (κ3) is 6.31. The van der Waals surface area contributed by atoms with Crippen LogP contribution in [0.1, 0.15) is 104 Å². The molecule has 3 fully saturated rings. The zero-order valence-electron chi connectivity index (χ0n) is 22.6. The lowest BCUT2D eigenvalue weighted by Gasteiger charge is -2.26. The van der Waals surface area contributed by atoms with E-state index in [0.717, 1.165) is 49.3 Å². The van der Waals surface area contributed by atoms with Crippen LogP contribution in [-0.4, -0.2) is 52.7 Å². The van der Waals surface area contributed by atoms with Crippen molar-refractivity contribution in [1.82, 2.24) is 9.88 Å². The van der Waals surface area contributed by atoms with Gasteiger partial charge in [-0.3, -0.25) is 9.59 Å². The van der Waals surface area contributed by atoms with Crippen molar-refractivity contribution >= 4 is 11.9 Å². The predicted molar refractivity (Wildman–Crippen MR) is 144 cm³/mol. The first-order chi connectivity index (χ1) is 18.5. The van der Waals surface area contributed by atoms with Gasteiger partial charge in [-0.05, 0) is 49.1 Å². The molecule has 1 aliphatic carbocycles. The number of benzene rings is 1. The molecule has 4 atom stereocenters. The fourth-order valence-corrected chi connectivity index (χ4v) is 6.97. The number of unbranched alkanes of at least 4 members (excludes halogenated alkanes) is 1. The van der Waals surface area contributed by atoms with Gasteiger partial charge in [0.2, 0.25) is 5.89 Å². The number of carboxylic acids is 1. The number of carboxylic acid groups (broad SMARTS) is 1. The van der Waals surface area contributed by atoms with E-state index in [1.807, 2.05) is 25.2 Å². The number of rotatable bonds is 12. The van der Waals surface area contributed by atoms with Crippen LogP contribution in [0.4, 0.5) is 0 Å². The molecule has 5 rings (SSSR count). The monoisotopic (exact) mass is 522 g/mol. The lowest BCUT2D eigenvalue weighted by Crippen LogP contribution is -2.29. The third-order valence-electron chi connectivity index (χ3n) is 9.06. The number of aromatic nitrogens is 1. The molecule has 1 aromatic carbocycles. The van der Waals surface area contributed by atoms with Crippen LogP contribution < -0.4 is 0 Å². The number of oxazole rings is 1. The second-order valence-electron chi connectivity index (χ2n) is 11.6. The van der Waals surface area contributed by atoms with Crippen molar-refractivity contribution in [3.05, 3.63) is 53.2 Å². The number of nitrogens with zero attached hydrogens (tertiary/aromatic N) is 2. The Morgan fingerprint density at radius 1 is 1.03 bits per heavy atom. The normalized spacial score (nSPS) is 25.1. The van der Waals surface area contributed by atoms with Crippen molar-refractivity contribution < 1.29 is 23.8 Å². The summed E-state index contributed by atoms with van der Waals surface area (Å²) in [4.78, 5) is 30.7. The first kappa shape index (κ1) is 26.9. The average Bonchev–Trinajstić information content (AvgIpc) is 3.68. The highest BCUT2D eigenvalue weighted by Crippen LogP contribution is 2.50. The van der Waals surface area contributed by atoms with Crippen molar-refractivity contribution in [3.8, 4) is 0 Å². The molecule has 2 bridgehead atoms. The SMILES string of the molecule is CN(CCCCC1CCCCC1)C(=O)c1coc([C@H]2[C@@H](Cc3ccccc3CCC(=O)O)[C@@H]3CC[C@H]2O3)n1. The van der Waals surface area contributed by atoms with Crippen LogP contribution in [0.25, 0.3) is 0 Å². The van der Waals surface area contributed by atoms with Crippen LogP contribution in [-0.2, 0) is 22.4 Å². The lowest BCUT2D eigenvalue weighted by molar-refractivity contribution is -0.136. The number of hydrogen-bond donors (Lipinski definition) is 1. The van der Waals surface area contributed by atoms with E-state index in [2.05, 4.69) is 6.07 Å². The van der Waals surface area contributed by atoms with Gasteiger partial charge in [0.1, 0.15) is 6.26 Å². The molecule has 206 valence electrons. The summed E-state index contributed by atoms with van der Waals surface area (Å²) in [6.07, 6.45) is 15.5. The van der Waals surface area contributed by atoms with Crippen molar-refractivity contribution in [2.75, 3.05) is 13.6 Å². The van der Waals surface area contributed by atoms with Crippen LogP contribution >= 0.6 is 0 Å². The van der Waals surface area contributed by atoms with E-state index >= 15 is 0 Å². The van der Waals surface area contributed by atoms with Crippen molar-refractivity contribution in [2.24, 2.45) is 11.8 Å². The smallest absolute Gasteiger partial charge is 0.303 e. The minimum absolute atomic E-state index is 0.00336. The summed E-state index contributed by atoms with van der Waals surface area (Å²) in [5, 5.41) is 9.16. The molecule has 3 aliphatic rings. The molecule has 7 nitrogen and oxygen atoms in total. The number of amides is 1. The number of aryl methyl sites for hydroxylation is 1. The van der Waals surface area contributed by atoms with Gasteiger partial charge in [-0.2, -0.15) is 0 Å². The predicted octanol–water partition coefficient (Wildman–Crippen LogP) is 6.02. The summed E-state index contributed by atoms with van der Waals surface area (Å²) >= 11 is 0. The highest BCUT2D eigenvalue weighted by molar-refractivity contribution is 5.91. The minimum atomic E-state index is -0.785. The maximum atomic E-state index is 13.1. The van der Waals surface area contributed by atoms with E-state index < -0.39 is 5.97 Å². The summed E-state index contributed by atoms with van der Waals surface area (Å²) < 4.78 is 12.2. The summed E-state index contributed by atoms with van der Waals surface area (Å²) in [6.45, 7) is 0.737. The summed E-state index contributed by atoms with van der Waals surface area (Å²) in [7, 11) is 1.86. The van der Waals surface area contributed by atoms with Crippen LogP contribution in [0.3, 0.4) is 0 Å². The van der Waals surface area contributed by atoms with Crippen LogP contribution in [0.15, 0.2) is 34.9 Å². The van der Waals surface area contributed by atoms with Crippen molar-refractivity contribution in [1.29, 1.82) is 0 Å². The van der Waals surface area contributed by atoms with Crippen molar-refractivity contribution in [2.45, 2.75) is 102 Å². The Labute approximate surface area is 226 Å². The van der Waals surface area contributed by atoms with Gasteiger partial charge in [0.25, 0.3) is 5.91 Å². The lowest BCUT2D eigenvalue weighted by atomic mass is 9.75. The Kier molecular flexibility index (Phi) is 8.82. The number of carbonyl (C=O) groups is 2. The molecule has 0 radical (unpaired) electrons. The Hall–Kier alpha value is -2.67. The minimum Gasteiger partial charge on any atom is -0.481 e. The molecule has 3 heterocycles. The first-order valence-corrected chi connectivity index (χ1v) is 14.6. The summed E-state index contributed by atoms with van der Waals surface area (Å²) in [6, 6.07) is 8.09. The third-order valence-corrected chi connectivity index (χ3v) is 9.06. The van der Waals surface area contributed by atoms with Crippen molar-refractivity contribution in [3.63, 3.8) is 0 Å². The highest BCUT2D eigenvalue weighted by Gasteiger charge is 2.51. The Bertz CT molecular complexity index is 1090. The molecule has 2 aromatic rings. The Balaban J connectivity index is 1.20. The first-order valence-electron chi connectivity index (χ1n) is 14.6. The molecule has 1 amide bonds. The number of aliphatic carboxylic acids is 1. The quantitative estimate of drug-likeness (QED) is 0.343. The number of carbonyl (C=O) groups excluding carboxylic acids is 1. The largest absolute Gasteiger partial charge is 0.481 e. The molecule has 0 unspecified atom stereocenters. The van der Waals surface area contributed by atoms with Gasteiger partial charge in [0.15, 0.2) is 5.69 Å². The average molecular weight is 523 g/mol. The van der Waals surface area contributed by atoms with E-state index in [0.29, 0.717) is 18.0 Å². The standard InChI is InChI=1S/C31H42N2O5/c1-33(18-8-7-11-21-9-3-2-4-10-21)31(36)25-20-37-30(32-25)29-24(26-15-16-27(29)38-26)19-23-13-6-5-12-22(23)14-17-28(34)35/h5-6,12-13,20-21,24,26-27,29H,2-4,7-11,14-19H2,1H3,(H,34,35)/t24-,26-,27+,29-/m0/s1. The number of ether oxygens (including phenoxy) is 1. The molecule has 1 N–H and O–H groups in total. The van der Waals surface area contributed by atoms with E-state index in [4.69, 9.17) is 19.2 Å². The fraction of sp³-hybridized carbons (Fsp3) is 0.645. The molecular weight excluding hydrogens is 480 g/mol. The van der Waals surface area contributed by atoms with Crippen LogP contribution in [0.2, 0.25) is 0 Å². The molecular formula is C31H42N2O5. The second kappa shape index (κ2) is 12.5. The maximum absolute atomic E-state index is 13.1. The van der Waals surface area contributed by atoms with Crippen LogP contribution in [0.5, 0.6) is 0 Å². The van der Waals surface area contributed by atoms with E-state index in [1.54, 1.807) is 4.90 Å². The number of hydrogen-bond acceptors (Lipinski definition) is 5. The molecule has 1 saturated carbocycles. The van der Waals surface area contributed by atoms with Crippen LogP contribution in [0, 0.1) is 11.8 Å². The maximum Gasteiger partial charge on any atom is 0.303 e. The van der Waals surface area contributed by atoms with Gasteiger partial charge in [-0.15, -0.1) is 0 Å². The van der Waals surface area contributed by atoms with Gasteiger partial charge < -0.3 is 19.2 Å². The molecule has 2 saturated heterocycles. The highest BCUT2D eigenvalue weighted by atomic mass is 16.5. The van der Waals surface area contributed by atoms with E-state index in [1.165, 1.54) is 51.2 Å². The van der Waals surface area contributed by atoms with Gasteiger partial charge in [-0.25, -0.2) is 4.98 Å². The second-order valence-corrected chi connectivity index (χ2v) is 11.6. The van der Waals surface area contributed by atoms with Gasteiger partial charge in [0.05, 0.1) is 18.1 Å². The summed E-state index contributed by atoms with van der Waals surface area (Å²) in [5.41, 5.74) is 2.61. The van der Waals surface area contributed by atoms with Gasteiger partial charge in [0, 0.05) is 25.9 Å². The van der Waals surface area contributed by atoms with E-state index in [-0.39, 0.29) is 36.4 Å². The zero-order chi connectivity index (χ0) is 26.5. The molecule has 7 heteroatoms. The zero-order valence-corrected chi connectivity index (χ0v) is 22.6. The topological polar surface area (TPSA) is 92.9 Å². The molecule has 2 aliphatic heterocycles. The number of fused-ring (bicyclic) bond motifs is 2. The molecule has 1 aromatic heterocycles. The van der Waals surface area contributed by atoms with Gasteiger partial charge >= 0.3 is 5.97 Å². The molecule has 0 spiro atoms. The summed E-state index contributed by atoms with van der Waals surface area (Å²) in [5.74, 6) is 0.801. The van der Waals surface area contributed by atoms with E-state index in [9.17, 15) is 9.59 Å². The molecule has 38 heavy (non-hydrogen) atoms. The Morgan fingerprint density at radius 3 is 2.58 bits per heavy atom. The van der Waals surface area contributed by atoms with Gasteiger partial charge in [-0.1, -0.05) is 69.2 Å². The fourth-order valence-electron chi connectivity index (χ4n) is 6.97. The Morgan fingerprint density at radius 2 is 1.79 bits per heavy atom.